The molecule has 4 heteroatoms. The molecule has 0 unspecified atom stereocenters. The Balaban J connectivity index is 1.96. The number of fused-ring (bicyclic) bond motifs is 2. The summed E-state index contributed by atoms with van der Waals surface area (Å²) in [5.41, 5.74) is 5.18. The second-order valence-corrected chi connectivity index (χ2v) is 5.45. The van der Waals surface area contributed by atoms with E-state index in [0.717, 1.165) is 51.0 Å². The minimum Gasteiger partial charge on any atom is -0.449 e. The van der Waals surface area contributed by atoms with E-state index < -0.39 is 0 Å². The highest BCUT2D eigenvalue weighted by Gasteiger charge is 2.25. The van der Waals surface area contributed by atoms with Gasteiger partial charge in [-0.05, 0) is 68.5 Å². The Morgan fingerprint density at radius 2 is 1.95 bits per heavy atom. The largest absolute Gasteiger partial charge is 0.449 e. The molecule has 0 fully saturated rings. The van der Waals surface area contributed by atoms with Gasteiger partial charge in [0.15, 0.2) is 0 Å². The van der Waals surface area contributed by atoms with Crippen molar-refractivity contribution in [2.75, 3.05) is 31.1 Å². The average molecular weight is 274 g/mol. The number of aryl methyl sites for hydroxylation is 1. The van der Waals surface area contributed by atoms with Crippen molar-refractivity contribution in [3.63, 3.8) is 0 Å². The predicted molar refractivity (Wildman–Crippen MR) is 79.4 cm³/mol. The van der Waals surface area contributed by atoms with Gasteiger partial charge in [0.2, 0.25) is 0 Å². The number of ether oxygens (including phenoxy) is 1. The maximum absolute atomic E-state index is 12.1. The molecule has 0 aromatic heterocycles. The van der Waals surface area contributed by atoms with E-state index >= 15 is 0 Å². The van der Waals surface area contributed by atoms with Crippen molar-refractivity contribution in [3.05, 3.63) is 28.8 Å². The van der Waals surface area contributed by atoms with Crippen LogP contribution in [0.25, 0.3) is 0 Å². The summed E-state index contributed by atoms with van der Waals surface area (Å²) >= 11 is 0. The molecule has 3 rings (SSSR count). The first-order valence-electron chi connectivity index (χ1n) is 7.59. The van der Waals surface area contributed by atoms with Crippen LogP contribution in [0, 0.1) is 0 Å². The molecule has 0 bridgehead atoms. The molecule has 2 aliphatic rings. The SMILES string of the molecule is CCOC(=O)N1CCCc2cc3c(cc21)CCNCC3. The van der Waals surface area contributed by atoms with E-state index in [-0.39, 0.29) is 6.09 Å². The number of rotatable bonds is 1. The lowest BCUT2D eigenvalue weighted by atomic mass is 9.93. The Hall–Kier alpha value is -1.55. The molecular formula is C16H22N2O2. The van der Waals surface area contributed by atoms with Crippen molar-refractivity contribution >= 4 is 11.8 Å². The third-order valence-corrected chi connectivity index (χ3v) is 4.15. The number of carbonyl (C=O) groups is 1. The number of hydrogen-bond donors (Lipinski definition) is 1. The van der Waals surface area contributed by atoms with E-state index in [2.05, 4.69) is 17.4 Å². The van der Waals surface area contributed by atoms with Gasteiger partial charge in [-0.3, -0.25) is 4.90 Å². The van der Waals surface area contributed by atoms with Gasteiger partial charge in [-0.1, -0.05) is 6.07 Å². The summed E-state index contributed by atoms with van der Waals surface area (Å²) in [6.45, 7) is 5.12. The molecule has 2 aliphatic heterocycles. The summed E-state index contributed by atoms with van der Waals surface area (Å²) in [4.78, 5) is 13.9. The maximum atomic E-state index is 12.1. The van der Waals surface area contributed by atoms with Gasteiger partial charge in [-0.25, -0.2) is 4.79 Å². The predicted octanol–water partition coefficient (Wildman–Crippen LogP) is 2.28. The van der Waals surface area contributed by atoms with Gasteiger partial charge in [-0.2, -0.15) is 0 Å². The van der Waals surface area contributed by atoms with Gasteiger partial charge >= 0.3 is 6.09 Å². The highest BCUT2D eigenvalue weighted by atomic mass is 16.6. The fraction of sp³-hybridized carbons (Fsp3) is 0.562. The second kappa shape index (κ2) is 5.83. The number of hydrogen-bond acceptors (Lipinski definition) is 3. The fourth-order valence-corrected chi connectivity index (χ4v) is 3.15. The van der Waals surface area contributed by atoms with Crippen LogP contribution in [0.2, 0.25) is 0 Å². The monoisotopic (exact) mass is 274 g/mol. The number of amides is 1. The third kappa shape index (κ3) is 2.52. The summed E-state index contributed by atoms with van der Waals surface area (Å²) in [6.07, 6.45) is 4.00. The number of carbonyl (C=O) groups excluding carboxylic acids is 1. The highest BCUT2D eigenvalue weighted by molar-refractivity contribution is 5.89. The molecule has 1 amide bonds. The fourth-order valence-electron chi connectivity index (χ4n) is 3.15. The smallest absolute Gasteiger partial charge is 0.414 e. The van der Waals surface area contributed by atoms with Crippen LogP contribution in [0.4, 0.5) is 10.5 Å². The molecule has 0 saturated carbocycles. The summed E-state index contributed by atoms with van der Waals surface area (Å²) in [5.74, 6) is 0. The first-order valence-corrected chi connectivity index (χ1v) is 7.59. The van der Waals surface area contributed by atoms with E-state index in [1.165, 1.54) is 16.7 Å². The topological polar surface area (TPSA) is 41.6 Å². The van der Waals surface area contributed by atoms with Gasteiger partial charge in [0.25, 0.3) is 0 Å². The van der Waals surface area contributed by atoms with Crippen LogP contribution in [0.15, 0.2) is 12.1 Å². The second-order valence-electron chi connectivity index (χ2n) is 5.45. The first-order chi connectivity index (χ1) is 9.79. The molecule has 1 aromatic rings. The standard InChI is InChI=1S/C16H22N2O2/c1-2-20-16(19)18-9-3-4-14-10-12-5-7-17-8-6-13(12)11-15(14)18/h10-11,17H,2-9H2,1H3. The molecule has 0 atom stereocenters. The Kier molecular flexibility index (Phi) is 3.92. The normalized spacial score (nSPS) is 17.9. The van der Waals surface area contributed by atoms with E-state index in [0.29, 0.717) is 6.61 Å². The number of nitrogens with one attached hydrogen (secondary N) is 1. The quantitative estimate of drug-likeness (QED) is 0.854. The molecule has 0 radical (unpaired) electrons. The maximum Gasteiger partial charge on any atom is 0.414 e. The number of benzene rings is 1. The molecule has 1 N–H and O–H groups in total. The van der Waals surface area contributed by atoms with E-state index in [9.17, 15) is 4.79 Å². The van der Waals surface area contributed by atoms with Gasteiger partial charge in [0.1, 0.15) is 0 Å². The number of nitrogens with zero attached hydrogens (tertiary/aromatic N) is 1. The molecule has 20 heavy (non-hydrogen) atoms. The van der Waals surface area contributed by atoms with Crippen molar-refractivity contribution in [3.8, 4) is 0 Å². The van der Waals surface area contributed by atoms with Crippen molar-refractivity contribution in [2.24, 2.45) is 0 Å². The highest BCUT2D eigenvalue weighted by Crippen LogP contribution is 2.31. The Morgan fingerprint density at radius 3 is 2.70 bits per heavy atom. The van der Waals surface area contributed by atoms with Crippen LogP contribution in [-0.4, -0.2) is 32.3 Å². The van der Waals surface area contributed by atoms with Gasteiger partial charge in [-0.15, -0.1) is 0 Å². The van der Waals surface area contributed by atoms with Crippen LogP contribution in [0.1, 0.15) is 30.0 Å². The van der Waals surface area contributed by atoms with Crippen molar-refractivity contribution in [2.45, 2.75) is 32.6 Å². The summed E-state index contributed by atoms with van der Waals surface area (Å²) in [5, 5.41) is 3.43. The summed E-state index contributed by atoms with van der Waals surface area (Å²) in [6, 6.07) is 4.52. The Labute approximate surface area is 120 Å². The zero-order chi connectivity index (χ0) is 13.9. The van der Waals surface area contributed by atoms with Gasteiger partial charge < -0.3 is 10.1 Å². The van der Waals surface area contributed by atoms with Crippen molar-refractivity contribution in [1.29, 1.82) is 0 Å². The molecule has 4 nitrogen and oxygen atoms in total. The molecule has 0 spiro atoms. The zero-order valence-corrected chi connectivity index (χ0v) is 12.1. The lowest BCUT2D eigenvalue weighted by molar-refractivity contribution is 0.159. The Morgan fingerprint density at radius 1 is 1.20 bits per heavy atom. The molecule has 0 saturated heterocycles. The minimum atomic E-state index is -0.208. The van der Waals surface area contributed by atoms with Gasteiger partial charge in [0, 0.05) is 6.54 Å². The van der Waals surface area contributed by atoms with Crippen LogP contribution in [0.5, 0.6) is 0 Å². The van der Waals surface area contributed by atoms with Crippen molar-refractivity contribution in [1.82, 2.24) is 5.32 Å². The molecule has 0 aliphatic carbocycles. The van der Waals surface area contributed by atoms with E-state index in [4.69, 9.17) is 4.74 Å². The lowest BCUT2D eigenvalue weighted by Gasteiger charge is -2.30. The first kappa shape index (κ1) is 13.4. The Bertz CT molecular complexity index is 513. The summed E-state index contributed by atoms with van der Waals surface area (Å²) in [7, 11) is 0. The molecule has 108 valence electrons. The van der Waals surface area contributed by atoms with Crippen LogP contribution >= 0.6 is 0 Å². The molecule has 1 aromatic carbocycles. The molecular weight excluding hydrogens is 252 g/mol. The minimum absolute atomic E-state index is 0.208. The third-order valence-electron chi connectivity index (χ3n) is 4.15. The van der Waals surface area contributed by atoms with Gasteiger partial charge in [0.05, 0.1) is 12.3 Å². The molecule has 2 heterocycles. The van der Waals surface area contributed by atoms with E-state index in [1.54, 1.807) is 4.90 Å². The zero-order valence-electron chi connectivity index (χ0n) is 12.1. The van der Waals surface area contributed by atoms with Crippen molar-refractivity contribution < 1.29 is 9.53 Å². The van der Waals surface area contributed by atoms with Crippen LogP contribution in [-0.2, 0) is 24.0 Å². The number of anilines is 1. The van der Waals surface area contributed by atoms with E-state index in [1.807, 2.05) is 6.92 Å². The summed E-state index contributed by atoms with van der Waals surface area (Å²) < 4.78 is 5.18. The van der Waals surface area contributed by atoms with Crippen LogP contribution < -0.4 is 10.2 Å². The van der Waals surface area contributed by atoms with Crippen LogP contribution in [0.3, 0.4) is 0 Å². The lowest BCUT2D eigenvalue weighted by Crippen LogP contribution is -2.36. The average Bonchev–Trinajstić information content (AvgIpc) is 2.69.